The molecule has 1 aliphatic rings. The van der Waals surface area contributed by atoms with Crippen LogP contribution in [-0.4, -0.2) is 32.3 Å². The number of aromatic nitrogens is 3. The van der Waals surface area contributed by atoms with Gasteiger partial charge in [-0.1, -0.05) is 12.1 Å². The Kier molecular flexibility index (Phi) is 4.01. The molecule has 1 aromatic carbocycles. The van der Waals surface area contributed by atoms with Crippen LogP contribution in [0.2, 0.25) is 0 Å². The minimum Gasteiger partial charge on any atom is -0.348 e. The third-order valence-electron chi connectivity index (χ3n) is 4.51. The van der Waals surface area contributed by atoms with Crippen molar-refractivity contribution >= 4 is 5.91 Å². The van der Waals surface area contributed by atoms with Gasteiger partial charge in [0.05, 0.1) is 18.4 Å². The van der Waals surface area contributed by atoms with Gasteiger partial charge in [-0.2, -0.15) is 0 Å². The Balaban J connectivity index is 1.66. The molecule has 126 valence electrons. The van der Waals surface area contributed by atoms with Gasteiger partial charge in [0, 0.05) is 31.1 Å². The number of amides is 1. The number of H-pyrrole nitrogens is 1. The number of aromatic amines is 1. The second-order valence-electron chi connectivity index (χ2n) is 6.09. The summed E-state index contributed by atoms with van der Waals surface area (Å²) in [5, 5.41) is 0. The average molecular weight is 336 g/mol. The summed E-state index contributed by atoms with van der Waals surface area (Å²) < 4.78 is 13.4. The Morgan fingerprint density at radius 3 is 2.92 bits per heavy atom. The van der Waals surface area contributed by atoms with Gasteiger partial charge in [0.2, 0.25) is 5.91 Å². The number of hydrogen-bond acceptors (Lipinski definition) is 3. The van der Waals surface area contributed by atoms with Crippen molar-refractivity contribution in [1.82, 2.24) is 19.9 Å². The largest absolute Gasteiger partial charge is 0.348 e. The Labute approximate surface area is 144 Å². The van der Waals surface area contributed by atoms with Gasteiger partial charge in [-0.25, -0.2) is 9.37 Å². The molecular formula is C19H17FN4O. The number of halogens is 1. The quantitative estimate of drug-likeness (QED) is 0.800. The van der Waals surface area contributed by atoms with Crippen LogP contribution in [0.1, 0.15) is 28.6 Å². The Hall–Kier alpha value is -3.02. The molecule has 25 heavy (non-hydrogen) atoms. The molecule has 2 aromatic heterocycles. The first-order chi connectivity index (χ1) is 12.2. The molecule has 0 saturated carbocycles. The fraction of sp³-hybridized carbons (Fsp3) is 0.211. The van der Waals surface area contributed by atoms with E-state index < -0.39 is 0 Å². The van der Waals surface area contributed by atoms with E-state index in [0.717, 1.165) is 23.4 Å². The van der Waals surface area contributed by atoms with E-state index >= 15 is 0 Å². The number of pyridine rings is 1. The molecule has 0 fully saturated rings. The molecule has 3 heterocycles. The second kappa shape index (κ2) is 6.47. The summed E-state index contributed by atoms with van der Waals surface area (Å²) in [7, 11) is 0. The van der Waals surface area contributed by atoms with Crippen molar-refractivity contribution in [3.63, 3.8) is 0 Å². The van der Waals surface area contributed by atoms with E-state index in [-0.39, 0.29) is 24.2 Å². The van der Waals surface area contributed by atoms with Crippen LogP contribution in [0, 0.1) is 5.82 Å². The molecule has 3 aromatic rings. The molecule has 0 spiro atoms. The first kappa shape index (κ1) is 15.5. The number of carbonyl (C=O) groups is 1. The molecule has 6 heteroatoms. The normalized spacial score (nSPS) is 16.5. The van der Waals surface area contributed by atoms with Crippen LogP contribution in [-0.2, 0) is 17.6 Å². The lowest BCUT2D eigenvalue weighted by Gasteiger charge is -2.35. The van der Waals surface area contributed by atoms with Crippen molar-refractivity contribution in [3.8, 4) is 0 Å². The Morgan fingerprint density at radius 2 is 2.12 bits per heavy atom. The smallest absolute Gasteiger partial charge is 0.227 e. The first-order valence-corrected chi connectivity index (χ1v) is 8.18. The molecule has 0 unspecified atom stereocenters. The summed E-state index contributed by atoms with van der Waals surface area (Å²) in [5.74, 6) is -0.370. The summed E-state index contributed by atoms with van der Waals surface area (Å²) in [5.41, 5.74) is 3.56. The standard InChI is InChI=1S/C19H17FN4O/c20-15-3-1-2-13(10-15)11-17(25)24-9-6-16-18(23-12-22-16)19(24)14-4-7-21-8-5-14/h1-5,7-8,10,12,19H,6,9,11H2,(H,22,23)/t19-/m1/s1. The average Bonchev–Trinajstić information content (AvgIpc) is 3.10. The third kappa shape index (κ3) is 3.03. The summed E-state index contributed by atoms with van der Waals surface area (Å²) in [4.78, 5) is 26.4. The fourth-order valence-corrected chi connectivity index (χ4v) is 3.35. The van der Waals surface area contributed by atoms with Gasteiger partial charge < -0.3 is 9.88 Å². The van der Waals surface area contributed by atoms with Crippen molar-refractivity contribution in [3.05, 3.63) is 83.5 Å². The topological polar surface area (TPSA) is 61.9 Å². The molecule has 0 radical (unpaired) electrons. The minimum absolute atomic E-state index is 0.0407. The van der Waals surface area contributed by atoms with Crippen LogP contribution in [0.25, 0.3) is 0 Å². The van der Waals surface area contributed by atoms with Gasteiger partial charge in [0.15, 0.2) is 0 Å². The van der Waals surface area contributed by atoms with Crippen LogP contribution >= 0.6 is 0 Å². The molecule has 0 bridgehead atoms. The van der Waals surface area contributed by atoms with E-state index in [4.69, 9.17) is 0 Å². The van der Waals surface area contributed by atoms with Crippen molar-refractivity contribution in [1.29, 1.82) is 0 Å². The highest BCUT2D eigenvalue weighted by molar-refractivity contribution is 5.80. The monoisotopic (exact) mass is 336 g/mol. The Morgan fingerprint density at radius 1 is 1.28 bits per heavy atom. The number of fused-ring (bicyclic) bond motifs is 1. The van der Waals surface area contributed by atoms with Gasteiger partial charge in [-0.05, 0) is 35.4 Å². The van der Waals surface area contributed by atoms with E-state index in [2.05, 4.69) is 15.0 Å². The predicted molar refractivity (Wildman–Crippen MR) is 90.2 cm³/mol. The lowest BCUT2D eigenvalue weighted by atomic mass is 9.95. The predicted octanol–water partition coefficient (Wildman–Crippen LogP) is 2.66. The van der Waals surface area contributed by atoms with E-state index in [1.807, 2.05) is 17.0 Å². The maximum absolute atomic E-state index is 13.4. The fourth-order valence-electron chi connectivity index (χ4n) is 3.35. The summed E-state index contributed by atoms with van der Waals surface area (Å²) in [6, 6.07) is 9.73. The number of imidazole rings is 1. The second-order valence-corrected chi connectivity index (χ2v) is 6.09. The maximum Gasteiger partial charge on any atom is 0.227 e. The van der Waals surface area contributed by atoms with Gasteiger partial charge >= 0.3 is 0 Å². The van der Waals surface area contributed by atoms with Crippen molar-refractivity contribution in [2.24, 2.45) is 0 Å². The number of nitrogens with zero attached hydrogens (tertiary/aromatic N) is 3. The van der Waals surface area contributed by atoms with E-state index in [1.165, 1.54) is 12.1 Å². The minimum atomic E-state index is -0.329. The number of hydrogen-bond donors (Lipinski definition) is 1. The van der Waals surface area contributed by atoms with Crippen molar-refractivity contribution in [2.75, 3.05) is 6.54 Å². The first-order valence-electron chi connectivity index (χ1n) is 8.18. The molecule has 5 nitrogen and oxygen atoms in total. The SMILES string of the molecule is O=C(Cc1cccc(F)c1)N1CCc2[nH]cnc2[C@H]1c1ccncc1. The molecule has 1 atom stereocenters. The summed E-state index contributed by atoms with van der Waals surface area (Å²) in [6.07, 6.45) is 5.99. The number of benzene rings is 1. The van der Waals surface area contributed by atoms with Crippen LogP contribution in [0.3, 0.4) is 0 Å². The molecule has 4 rings (SSSR count). The van der Waals surface area contributed by atoms with E-state index in [1.54, 1.807) is 30.9 Å². The molecule has 1 N–H and O–H groups in total. The van der Waals surface area contributed by atoms with Crippen LogP contribution in [0.15, 0.2) is 55.1 Å². The van der Waals surface area contributed by atoms with E-state index in [9.17, 15) is 9.18 Å². The van der Waals surface area contributed by atoms with Gasteiger partial charge in [-0.15, -0.1) is 0 Å². The lowest BCUT2D eigenvalue weighted by molar-refractivity contribution is -0.132. The molecule has 1 aliphatic heterocycles. The number of nitrogens with one attached hydrogen (secondary N) is 1. The van der Waals surface area contributed by atoms with Crippen molar-refractivity contribution in [2.45, 2.75) is 18.9 Å². The Bertz CT molecular complexity index is 893. The number of rotatable bonds is 3. The van der Waals surface area contributed by atoms with E-state index in [0.29, 0.717) is 12.1 Å². The maximum atomic E-state index is 13.4. The van der Waals surface area contributed by atoms with Gasteiger partial charge in [-0.3, -0.25) is 9.78 Å². The summed E-state index contributed by atoms with van der Waals surface area (Å²) in [6.45, 7) is 0.594. The zero-order valence-corrected chi connectivity index (χ0v) is 13.5. The molecule has 0 aliphatic carbocycles. The zero-order chi connectivity index (χ0) is 17.2. The molecular weight excluding hydrogens is 319 g/mol. The highest BCUT2D eigenvalue weighted by atomic mass is 19.1. The third-order valence-corrected chi connectivity index (χ3v) is 4.51. The number of carbonyl (C=O) groups excluding carboxylic acids is 1. The van der Waals surface area contributed by atoms with Crippen LogP contribution in [0.4, 0.5) is 4.39 Å². The molecule has 0 saturated heterocycles. The highest BCUT2D eigenvalue weighted by Crippen LogP contribution is 2.33. The van der Waals surface area contributed by atoms with Crippen molar-refractivity contribution < 1.29 is 9.18 Å². The highest BCUT2D eigenvalue weighted by Gasteiger charge is 2.33. The molecule has 1 amide bonds. The van der Waals surface area contributed by atoms with Crippen LogP contribution in [0.5, 0.6) is 0 Å². The van der Waals surface area contributed by atoms with Gasteiger partial charge in [0.1, 0.15) is 11.9 Å². The lowest BCUT2D eigenvalue weighted by Crippen LogP contribution is -2.41. The zero-order valence-electron chi connectivity index (χ0n) is 13.5. The van der Waals surface area contributed by atoms with Crippen LogP contribution < -0.4 is 0 Å². The van der Waals surface area contributed by atoms with Gasteiger partial charge in [0.25, 0.3) is 0 Å². The summed E-state index contributed by atoms with van der Waals surface area (Å²) >= 11 is 0.